The smallest absolute Gasteiger partial charge is 0.257 e. The molecule has 0 radical (unpaired) electrons. The third-order valence-corrected chi connectivity index (χ3v) is 3.65. The normalized spacial score (nSPS) is 12.6. The highest BCUT2D eigenvalue weighted by atomic mass is 127. The van der Waals surface area contributed by atoms with Crippen molar-refractivity contribution in [1.82, 2.24) is 4.90 Å². The molecule has 100 valence electrons. The molecule has 0 aliphatic carbocycles. The second-order valence-electron chi connectivity index (χ2n) is 5.06. The second-order valence-corrected chi connectivity index (χ2v) is 6.30. The van der Waals surface area contributed by atoms with E-state index in [2.05, 4.69) is 36.4 Å². The standard InChI is InChI=1S/C14H20INO2/c1-9(2)7-10(3)16(4)14(18)12-8-11(15)5-6-13(12)17/h5-6,8-10,17H,7H2,1-4H3. The number of phenols is 1. The summed E-state index contributed by atoms with van der Waals surface area (Å²) >= 11 is 2.13. The van der Waals surface area contributed by atoms with Crippen LogP contribution in [0.1, 0.15) is 37.6 Å². The zero-order valence-electron chi connectivity index (χ0n) is 11.3. The third-order valence-electron chi connectivity index (χ3n) is 2.98. The molecule has 1 atom stereocenters. The van der Waals surface area contributed by atoms with Gasteiger partial charge in [-0.3, -0.25) is 4.79 Å². The summed E-state index contributed by atoms with van der Waals surface area (Å²) in [5.74, 6) is 0.461. The highest BCUT2D eigenvalue weighted by molar-refractivity contribution is 14.1. The Hall–Kier alpha value is -0.780. The van der Waals surface area contributed by atoms with Crippen molar-refractivity contribution in [3.05, 3.63) is 27.3 Å². The lowest BCUT2D eigenvalue weighted by Crippen LogP contribution is -2.36. The van der Waals surface area contributed by atoms with Gasteiger partial charge in [0.1, 0.15) is 5.75 Å². The third kappa shape index (κ3) is 3.86. The number of halogens is 1. The van der Waals surface area contributed by atoms with E-state index in [1.54, 1.807) is 30.1 Å². The number of hydrogen-bond acceptors (Lipinski definition) is 2. The van der Waals surface area contributed by atoms with E-state index in [0.717, 1.165) is 9.99 Å². The Morgan fingerprint density at radius 2 is 2.00 bits per heavy atom. The molecule has 0 fully saturated rings. The number of phenolic OH excluding ortho intramolecular Hbond substituents is 1. The minimum Gasteiger partial charge on any atom is -0.507 e. The molecule has 18 heavy (non-hydrogen) atoms. The Morgan fingerprint density at radius 1 is 1.39 bits per heavy atom. The van der Waals surface area contributed by atoms with Crippen molar-refractivity contribution in [3.8, 4) is 5.75 Å². The molecule has 1 unspecified atom stereocenters. The summed E-state index contributed by atoms with van der Waals surface area (Å²) in [7, 11) is 1.79. The molecule has 0 heterocycles. The average Bonchev–Trinajstić information content (AvgIpc) is 2.29. The van der Waals surface area contributed by atoms with Crippen molar-refractivity contribution in [2.24, 2.45) is 5.92 Å². The highest BCUT2D eigenvalue weighted by Crippen LogP contribution is 2.22. The summed E-state index contributed by atoms with van der Waals surface area (Å²) < 4.78 is 0.943. The van der Waals surface area contributed by atoms with Gasteiger partial charge >= 0.3 is 0 Å². The first kappa shape index (κ1) is 15.3. The molecule has 0 spiro atoms. The van der Waals surface area contributed by atoms with Crippen molar-refractivity contribution >= 4 is 28.5 Å². The largest absolute Gasteiger partial charge is 0.507 e. The van der Waals surface area contributed by atoms with Crippen LogP contribution in [0, 0.1) is 9.49 Å². The van der Waals surface area contributed by atoms with Gasteiger partial charge in [-0.2, -0.15) is 0 Å². The monoisotopic (exact) mass is 361 g/mol. The molecular formula is C14H20INO2. The van der Waals surface area contributed by atoms with Crippen LogP contribution in [0.5, 0.6) is 5.75 Å². The Balaban J connectivity index is 2.89. The molecule has 1 rings (SSSR count). The number of aromatic hydroxyl groups is 1. The predicted octanol–water partition coefficient (Wildman–Crippen LogP) is 3.50. The number of rotatable bonds is 4. The topological polar surface area (TPSA) is 40.5 Å². The lowest BCUT2D eigenvalue weighted by Gasteiger charge is -2.26. The quantitative estimate of drug-likeness (QED) is 0.834. The average molecular weight is 361 g/mol. The molecule has 3 nitrogen and oxygen atoms in total. The van der Waals surface area contributed by atoms with Crippen LogP contribution in [-0.2, 0) is 0 Å². The van der Waals surface area contributed by atoms with E-state index in [4.69, 9.17) is 0 Å². The van der Waals surface area contributed by atoms with E-state index in [1.165, 1.54) is 0 Å². The number of nitrogens with zero attached hydrogens (tertiary/aromatic N) is 1. The first-order chi connectivity index (χ1) is 8.32. The minimum atomic E-state index is -0.126. The fourth-order valence-corrected chi connectivity index (χ4v) is 2.40. The lowest BCUT2D eigenvalue weighted by atomic mass is 10.0. The first-order valence-electron chi connectivity index (χ1n) is 6.08. The Kier molecular flexibility index (Phi) is 5.44. The number of amides is 1. The molecule has 0 bridgehead atoms. The van der Waals surface area contributed by atoms with Crippen LogP contribution in [0.3, 0.4) is 0 Å². The fraction of sp³-hybridized carbons (Fsp3) is 0.500. The van der Waals surface area contributed by atoms with Crippen LogP contribution in [0.15, 0.2) is 18.2 Å². The van der Waals surface area contributed by atoms with Crippen molar-refractivity contribution < 1.29 is 9.90 Å². The van der Waals surface area contributed by atoms with Gasteiger partial charge in [0.25, 0.3) is 5.91 Å². The molecule has 0 saturated carbocycles. The van der Waals surface area contributed by atoms with Crippen LogP contribution in [0.4, 0.5) is 0 Å². The van der Waals surface area contributed by atoms with Crippen molar-refractivity contribution in [2.45, 2.75) is 33.2 Å². The van der Waals surface area contributed by atoms with E-state index in [0.29, 0.717) is 11.5 Å². The van der Waals surface area contributed by atoms with E-state index in [-0.39, 0.29) is 17.7 Å². The first-order valence-corrected chi connectivity index (χ1v) is 7.16. The van der Waals surface area contributed by atoms with E-state index in [1.807, 2.05) is 6.92 Å². The molecule has 0 aromatic heterocycles. The van der Waals surface area contributed by atoms with Crippen LogP contribution in [0.2, 0.25) is 0 Å². The van der Waals surface area contributed by atoms with Gasteiger partial charge in [0, 0.05) is 16.7 Å². The van der Waals surface area contributed by atoms with E-state index >= 15 is 0 Å². The lowest BCUT2D eigenvalue weighted by molar-refractivity contribution is 0.0725. The molecule has 0 aliphatic rings. The van der Waals surface area contributed by atoms with Gasteiger partial charge in [-0.15, -0.1) is 0 Å². The second kappa shape index (κ2) is 6.41. The molecule has 0 aliphatic heterocycles. The summed E-state index contributed by atoms with van der Waals surface area (Å²) in [6, 6.07) is 5.23. The number of benzene rings is 1. The van der Waals surface area contributed by atoms with Gasteiger partial charge < -0.3 is 10.0 Å². The van der Waals surface area contributed by atoms with E-state index in [9.17, 15) is 9.90 Å². The molecule has 0 saturated heterocycles. The zero-order valence-corrected chi connectivity index (χ0v) is 13.4. The Labute approximate surface area is 122 Å². The summed E-state index contributed by atoms with van der Waals surface area (Å²) in [4.78, 5) is 14.0. The van der Waals surface area contributed by atoms with Gasteiger partial charge in [0.2, 0.25) is 0 Å². The Bertz CT molecular complexity index is 432. The molecular weight excluding hydrogens is 341 g/mol. The predicted molar refractivity (Wildman–Crippen MR) is 81.8 cm³/mol. The van der Waals surface area contributed by atoms with Gasteiger partial charge in [-0.05, 0) is 60.1 Å². The molecule has 4 heteroatoms. The van der Waals surface area contributed by atoms with Crippen LogP contribution in [0.25, 0.3) is 0 Å². The zero-order chi connectivity index (χ0) is 13.9. The molecule has 1 amide bonds. The number of carbonyl (C=O) groups excluding carboxylic acids is 1. The van der Waals surface area contributed by atoms with Gasteiger partial charge in [-0.1, -0.05) is 13.8 Å². The summed E-state index contributed by atoms with van der Waals surface area (Å²) in [5, 5.41) is 9.77. The van der Waals surface area contributed by atoms with Gasteiger partial charge in [0.15, 0.2) is 0 Å². The summed E-state index contributed by atoms with van der Waals surface area (Å²) in [6.45, 7) is 6.30. The Morgan fingerprint density at radius 3 is 2.56 bits per heavy atom. The summed E-state index contributed by atoms with van der Waals surface area (Å²) in [6.07, 6.45) is 0.951. The van der Waals surface area contributed by atoms with Crippen LogP contribution < -0.4 is 0 Å². The minimum absolute atomic E-state index is 0.0454. The van der Waals surface area contributed by atoms with Crippen LogP contribution >= 0.6 is 22.6 Å². The molecule has 1 aromatic carbocycles. The van der Waals surface area contributed by atoms with Crippen molar-refractivity contribution in [2.75, 3.05) is 7.05 Å². The number of hydrogen-bond donors (Lipinski definition) is 1. The van der Waals surface area contributed by atoms with E-state index < -0.39 is 0 Å². The summed E-state index contributed by atoms with van der Waals surface area (Å²) in [5.41, 5.74) is 0.375. The number of carbonyl (C=O) groups is 1. The van der Waals surface area contributed by atoms with Crippen molar-refractivity contribution in [1.29, 1.82) is 0 Å². The SMILES string of the molecule is CC(C)CC(C)N(C)C(=O)c1cc(I)ccc1O. The molecule has 1 aromatic rings. The van der Waals surface area contributed by atoms with Crippen LogP contribution in [-0.4, -0.2) is 29.0 Å². The van der Waals surface area contributed by atoms with Gasteiger partial charge in [0.05, 0.1) is 5.56 Å². The highest BCUT2D eigenvalue weighted by Gasteiger charge is 2.20. The fourth-order valence-electron chi connectivity index (χ4n) is 1.91. The maximum atomic E-state index is 12.3. The maximum absolute atomic E-state index is 12.3. The van der Waals surface area contributed by atoms with Gasteiger partial charge in [-0.25, -0.2) is 0 Å². The van der Waals surface area contributed by atoms with Crippen molar-refractivity contribution in [3.63, 3.8) is 0 Å². The maximum Gasteiger partial charge on any atom is 0.257 e. The molecule has 1 N–H and O–H groups in total.